The first-order valence-electron chi connectivity index (χ1n) is 5.10. The summed E-state index contributed by atoms with van der Waals surface area (Å²) in [6, 6.07) is 3.71. The van der Waals surface area contributed by atoms with Crippen LogP contribution in [0.1, 0.15) is 18.0 Å². The second-order valence-corrected chi connectivity index (χ2v) is 6.17. The first-order chi connectivity index (χ1) is 7.83. The molecule has 1 unspecified atom stereocenters. The summed E-state index contributed by atoms with van der Waals surface area (Å²) in [4.78, 5) is 0. The van der Waals surface area contributed by atoms with Crippen LogP contribution in [0.25, 0.3) is 0 Å². The molecule has 0 saturated carbocycles. The maximum Gasteiger partial charge on any atom is 0.147 e. The van der Waals surface area contributed by atoms with Crippen LogP contribution in [-0.4, -0.2) is 27.5 Å². The van der Waals surface area contributed by atoms with Crippen LogP contribution in [0.4, 0.5) is 4.39 Å². The van der Waals surface area contributed by atoms with E-state index in [1.54, 1.807) is 6.07 Å². The van der Waals surface area contributed by atoms with Crippen molar-refractivity contribution in [2.45, 2.75) is 12.5 Å². The van der Waals surface area contributed by atoms with Gasteiger partial charge in [0.15, 0.2) is 0 Å². The lowest BCUT2D eigenvalue weighted by molar-refractivity contribution is 0.410. The normalized spacial score (nSPS) is 13.4. The van der Waals surface area contributed by atoms with Gasteiger partial charge in [-0.25, -0.2) is 12.8 Å². The fourth-order valence-corrected chi connectivity index (χ4v) is 2.11. The van der Waals surface area contributed by atoms with Gasteiger partial charge in [0.05, 0.1) is 12.9 Å². The topological polar surface area (TPSA) is 69.4 Å². The van der Waals surface area contributed by atoms with E-state index in [-0.39, 0.29) is 12.2 Å². The second-order valence-electron chi connectivity index (χ2n) is 3.91. The van der Waals surface area contributed by atoms with Crippen molar-refractivity contribution in [2.75, 3.05) is 19.1 Å². The van der Waals surface area contributed by atoms with E-state index in [2.05, 4.69) is 0 Å². The van der Waals surface area contributed by atoms with Gasteiger partial charge in [-0.1, -0.05) is 6.07 Å². The molecule has 1 atom stereocenters. The van der Waals surface area contributed by atoms with E-state index in [1.165, 1.54) is 19.2 Å². The van der Waals surface area contributed by atoms with Crippen LogP contribution in [0.2, 0.25) is 0 Å². The van der Waals surface area contributed by atoms with Gasteiger partial charge in [-0.05, 0) is 12.5 Å². The van der Waals surface area contributed by atoms with E-state index in [4.69, 9.17) is 10.5 Å². The van der Waals surface area contributed by atoms with Crippen LogP contribution < -0.4 is 10.5 Å². The molecule has 0 aliphatic rings. The van der Waals surface area contributed by atoms with Crippen LogP contribution >= 0.6 is 0 Å². The molecule has 0 amide bonds. The van der Waals surface area contributed by atoms with Gasteiger partial charge in [-0.15, -0.1) is 0 Å². The average Bonchev–Trinajstić information content (AvgIpc) is 2.24. The number of halogens is 1. The maximum atomic E-state index is 13.6. The van der Waals surface area contributed by atoms with E-state index in [1.807, 2.05) is 0 Å². The molecule has 96 valence electrons. The largest absolute Gasteiger partial charge is 0.497 e. The first-order valence-corrected chi connectivity index (χ1v) is 7.16. The van der Waals surface area contributed by atoms with Gasteiger partial charge in [0, 0.05) is 23.9 Å². The zero-order valence-corrected chi connectivity index (χ0v) is 10.6. The second kappa shape index (κ2) is 5.46. The molecular weight excluding hydrogens is 245 g/mol. The highest BCUT2D eigenvalue weighted by atomic mass is 32.2. The Hall–Kier alpha value is -1.14. The molecule has 4 nitrogen and oxygen atoms in total. The number of nitrogens with two attached hydrogens (primary N) is 1. The van der Waals surface area contributed by atoms with Gasteiger partial charge >= 0.3 is 0 Å². The Balaban J connectivity index is 2.79. The van der Waals surface area contributed by atoms with Crippen molar-refractivity contribution < 1.29 is 17.5 Å². The predicted molar refractivity (Wildman–Crippen MR) is 64.2 cm³/mol. The molecule has 6 heteroatoms. The van der Waals surface area contributed by atoms with Gasteiger partial charge in [0.25, 0.3) is 0 Å². The third-order valence-electron chi connectivity index (χ3n) is 2.41. The number of methoxy groups -OCH3 is 1. The van der Waals surface area contributed by atoms with E-state index in [0.29, 0.717) is 11.3 Å². The highest BCUT2D eigenvalue weighted by Gasteiger charge is 2.14. The molecule has 0 heterocycles. The molecule has 0 saturated heterocycles. The smallest absolute Gasteiger partial charge is 0.147 e. The summed E-state index contributed by atoms with van der Waals surface area (Å²) in [6.45, 7) is 0. The molecule has 0 aliphatic carbocycles. The Morgan fingerprint density at radius 1 is 1.47 bits per heavy atom. The van der Waals surface area contributed by atoms with Crippen molar-refractivity contribution in [2.24, 2.45) is 5.73 Å². The summed E-state index contributed by atoms with van der Waals surface area (Å²) < 4.78 is 40.4. The number of ether oxygens (including phenoxy) is 1. The summed E-state index contributed by atoms with van der Waals surface area (Å²) in [5, 5.41) is 0. The summed E-state index contributed by atoms with van der Waals surface area (Å²) in [5.41, 5.74) is 6.05. The van der Waals surface area contributed by atoms with Crippen molar-refractivity contribution >= 4 is 9.84 Å². The highest BCUT2D eigenvalue weighted by molar-refractivity contribution is 7.90. The van der Waals surface area contributed by atoms with Crippen molar-refractivity contribution in [3.63, 3.8) is 0 Å². The summed E-state index contributed by atoms with van der Waals surface area (Å²) in [5.74, 6) is -0.133. The Kier molecular flexibility index (Phi) is 4.47. The zero-order valence-electron chi connectivity index (χ0n) is 9.81. The minimum atomic E-state index is -3.08. The van der Waals surface area contributed by atoms with Gasteiger partial charge in [0.2, 0.25) is 0 Å². The number of hydrogen-bond acceptors (Lipinski definition) is 4. The minimum absolute atomic E-state index is 0.0559. The Bertz CT molecular complexity index is 487. The van der Waals surface area contributed by atoms with E-state index < -0.39 is 21.7 Å². The van der Waals surface area contributed by atoms with Crippen molar-refractivity contribution in [3.05, 3.63) is 29.6 Å². The van der Waals surface area contributed by atoms with Gasteiger partial charge in [-0.3, -0.25) is 0 Å². The summed E-state index contributed by atoms with van der Waals surface area (Å²) >= 11 is 0. The predicted octanol–water partition coefficient (Wildman–Crippen LogP) is 1.27. The summed E-state index contributed by atoms with van der Waals surface area (Å²) in [6.07, 6.45) is 1.33. The number of hydrogen-bond donors (Lipinski definition) is 1. The van der Waals surface area contributed by atoms with E-state index in [9.17, 15) is 12.8 Å². The Morgan fingerprint density at radius 2 is 2.12 bits per heavy atom. The molecule has 1 rings (SSSR count). The van der Waals surface area contributed by atoms with Crippen molar-refractivity contribution in [1.29, 1.82) is 0 Å². The van der Waals surface area contributed by atoms with Crippen LogP contribution in [0, 0.1) is 5.82 Å². The molecule has 1 aromatic rings. The van der Waals surface area contributed by atoms with Gasteiger partial charge in [-0.2, -0.15) is 0 Å². The molecule has 0 bridgehead atoms. The third-order valence-corrected chi connectivity index (χ3v) is 3.38. The van der Waals surface area contributed by atoms with E-state index in [0.717, 1.165) is 6.26 Å². The summed E-state index contributed by atoms with van der Waals surface area (Å²) in [7, 11) is -1.64. The van der Waals surface area contributed by atoms with Crippen LogP contribution in [0.15, 0.2) is 18.2 Å². The van der Waals surface area contributed by atoms with Crippen LogP contribution in [-0.2, 0) is 9.84 Å². The fraction of sp³-hybridized carbons (Fsp3) is 0.455. The third kappa shape index (κ3) is 4.32. The molecule has 0 aromatic heterocycles. The number of sulfone groups is 1. The molecular formula is C11H16FNO3S. The molecule has 0 fully saturated rings. The van der Waals surface area contributed by atoms with Crippen LogP contribution in [0.5, 0.6) is 5.75 Å². The van der Waals surface area contributed by atoms with Crippen molar-refractivity contribution in [3.8, 4) is 5.75 Å². The van der Waals surface area contributed by atoms with E-state index >= 15 is 0 Å². The van der Waals surface area contributed by atoms with Crippen LogP contribution in [0.3, 0.4) is 0 Å². The zero-order chi connectivity index (χ0) is 13.1. The highest BCUT2D eigenvalue weighted by Crippen LogP contribution is 2.22. The first kappa shape index (κ1) is 13.9. The molecule has 17 heavy (non-hydrogen) atoms. The SMILES string of the molecule is COc1ccc(C(N)CCS(C)(=O)=O)c(F)c1. The minimum Gasteiger partial charge on any atom is -0.497 e. The Labute approximate surface area is 101 Å². The molecule has 2 N–H and O–H groups in total. The maximum absolute atomic E-state index is 13.6. The lowest BCUT2D eigenvalue weighted by Gasteiger charge is -2.13. The number of benzene rings is 1. The molecule has 0 radical (unpaired) electrons. The standard InChI is InChI=1S/C11H16FNO3S/c1-16-8-3-4-9(10(12)7-8)11(13)5-6-17(2,14)15/h3-4,7,11H,5-6,13H2,1-2H3. The van der Waals surface area contributed by atoms with Gasteiger partial charge in [0.1, 0.15) is 21.4 Å². The van der Waals surface area contributed by atoms with Crippen molar-refractivity contribution in [1.82, 2.24) is 0 Å². The fourth-order valence-electron chi connectivity index (χ4n) is 1.43. The lowest BCUT2D eigenvalue weighted by atomic mass is 10.0. The van der Waals surface area contributed by atoms with Gasteiger partial charge < -0.3 is 10.5 Å². The molecule has 0 spiro atoms. The molecule has 1 aromatic carbocycles. The quantitative estimate of drug-likeness (QED) is 0.866. The monoisotopic (exact) mass is 261 g/mol. The molecule has 0 aliphatic heterocycles. The number of rotatable bonds is 5. The average molecular weight is 261 g/mol. The Morgan fingerprint density at radius 3 is 2.59 bits per heavy atom. The lowest BCUT2D eigenvalue weighted by Crippen LogP contribution is -2.16.